The summed E-state index contributed by atoms with van der Waals surface area (Å²) in [5.74, 6) is 2.09. The van der Waals surface area contributed by atoms with Crippen molar-refractivity contribution in [1.82, 2.24) is 25.0 Å². The molecule has 0 bridgehead atoms. The van der Waals surface area contributed by atoms with Crippen LogP contribution in [0.2, 0.25) is 0 Å². The van der Waals surface area contributed by atoms with Gasteiger partial charge in [0.2, 0.25) is 0 Å². The zero-order valence-electron chi connectivity index (χ0n) is 18.2. The van der Waals surface area contributed by atoms with Gasteiger partial charge in [-0.2, -0.15) is 5.10 Å². The molecule has 0 unspecified atom stereocenters. The number of methoxy groups -OCH3 is 1. The Kier molecular flexibility index (Phi) is 9.19. The maximum atomic E-state index is 5.50. The van der Waals surface area contributed by atoms with Gasteiger partial charge < -0.3 is 15.0 Å². The van der Waals surface area contributed by atoms with Crippen LogP contribution in [0.1, 0.15) is 47.8 Å². The van der Waals surface area contributed by atoms with Crippen molar-refractivity contribution in [3.63, 3.8) is 0 Å². The standard InChI is InChI=1S/C20H32N6O.HI/c1-13(2)18-16(12-26(7)24-18)11-25(6)20(21-5)23-10-17-15(4)19(27-8)14(3)9-22-17;/h9,12-13H,10-11H2,1-8H3,(H,21,23);1H. The Morgan fingerprint density at radius 2 is 2.04 bits per heavy atom. The predicted octanol–water partition coefficient (Wildman–Crippen LogP) is 3.39. The number of guanidine groups is 1. The van der Waals surface area contributed by atoms with Crippen molar-refractivity contribution >= 4 is 29.9 Å². The Hall–Kier alpha value is -1.84. The van der Waals surface area contributed by atoms with E-state index in [0.29, 0.717) is 12.5 Å². The predicted molar refractivity (Wildman–Crippen MR) is 125 cm³/mol. The molecule has 2 aromatic heterocycles. The summed E-state index contributed by atoms with van der Waals surface area (Å²) in [7, 11) is 7.48. The molecule has 7 nitrogen and oxygen atoms in total. The van der Waals surface area contributed by atoms with Gasteiger partial charge in [0, 0.05) is 56.8 Å². The van der Waals surface area contributed by atoms with Gasteiger partial charge in [-0.25, -0.2) is 0 Å². The Labute approximate surface area is 185 Å². The summed E-state index contributed by atoms with van der Waals surface area (Å²) in [5.41, 5.74) is 5.39. The molecule has 0 saturated heterocycles. The zero-order chi connectivity index (χ0) is 20.1. The van der Waals surface area contributed by atoms with E-state index in [4.69, 9.17) is 4.74 Å². The van der Waals surface area contributed by atoms with Crippen LogP contribution in [-0.2, 0) is 20.1 Å². The number of hydrogen-bond acceptors (Lipinski definition) is 4. The Morgan fingerprint density at radius 3 is 2.61 bits per heavy atom. The van der Waals surface area contributed by atoms with Crippen LogP contribution in [0, 0.1) is 13.8 Å². The van der Waals surface area contributed by atoms with Crippen molar-refractivity contribution in [1.29, 1.82) is 0 Å². The lowest BCUT2D eigenvalue weighted by atomic mass is 10.1. The molecule has 0 atom stereocenters. The van der Waals surface area contributed by atoms with Gasteiger partial charge in [0.15, 0.2) is 5.96 Å². The average molecular weight is 500 g/mol. The summed E-state index contributed by atoms with van der Waals surface area (Å²) in [6, 6.07) is 0. The second-order valence-electron chi connectivity index (χ2n) is 7.17. The van der Waals surface area contributed by atoms with Crippen molar-refractivity contribution in [2.75, 3.05) is 21.2 Å². The molecule has 0 spiro atoms. The first-order chi connectivity index (χ1) is 12.8. The van der Waals surface area contributed by atoms with Crippen LogP contribution < -0.4 is 10.1 Å². The number of pyridine rings is 1. The highest BCUT2D eigenvalue weighted by Crippen LogP contribution is 2.24. The number of aliphatic imine (C=N–C) groups is 1. The summed E-state index contributed by atoms with van der Waals surface area (Å²) < 4.78 is 7.37. The van der Waals surface area contributed by atoms with E-state index in [2.05, 4.69) is 45.3 Å². The molecule has 0 saturated carbocycles. The third-order valence-electron chi connectivity index (χ3n) is 4.63. The first-order valence-electron chi connectivity index (χ1n) is 9.21. The van der Waals surface area contributed by atoms with Gasteiger partial charge in [0.05, 0.1) is 25.0 Å². The topological polar surface area (TPSA) is 67.6 Å². The van der Waals surface area contributed by atoms with Gasteiger partial charge >= 0.3 is 0 Å². The molecule has 2 rings (SSSR count). The minimum atomic E-state index is 0. The monoisotopic (exact) mass is 500 g/mol. The Bertz CT molecular complexity index is 815. The smallest absolute Gasteiger partial charge is 0.194 e. The minimum Gasteiger partial charge on any atom is -0.496 e. The molecule has 0 amide bonds. The molecule has 2 aromatic rings. The third-order valence-corrected chi connectivity index (χ3v) is 4.63. The molecule has 0 aliphatic rings. The van der Waals surface area contributed by atoms with Crippen molar-refractivity contribution in [3.8, 4) is 5.75 Å². The number of hydrogen-bond donors (Lipinski definition) is 1. The number of halogens is 1. The SMILES string of the molecule is CN=C(NCc1ncc(C)c(OC)c1C)N(C)Cc1cn(C)nc1C(C)C.I. The van der Waals surface area contributed by atoms with Crippen LogP contribution in [-0.4, -0.2) is 46.8 Å². The number of nitrogens with zero attached hydrogens (tertiary/aromatic N) is 5. The fourth-order valence-corrected chi connectivity index (χ4v) is 3.29. The highest BCUT2D eigenvalue weighted by molar-refractivity contribution is 14.0. The molecule has 2 heterocycles. The van der Waals surface area contributed by atoms with Gasteiger partial charge in [-0.05, 0) is 19.8 Å². The molecule has 0 radical (unpaired) electrons. The minimum absolute atomic E-state index is 0. The van der Waals surface area contributed by atoms with E-state index >= 15 is 0 Å². The van der Waals surface area contributed by atoms with Gasteiger partial charge in [0.25, 0.3) is 0 Å². The molecule has 0 aromatic carbocycles. The second kappa shape index (κ2) is 10.6. The lowest BCUT2D eigenvalue weighted by molar-refractivity contribution is 0.406. The van der Waals surface area contributed by atoms with E-state index in [-0.39, 0.29) is 24.0 Å². The van der Waals surface area contributed by atoms with E-state index in [9.17, 15) is 0 Å². The first-order valence-corrected chi connectivity index (χ1v) is 9.21. The molecule has 0 aliphatic heterocycles. The summed E-state index contributed by atoms with van der Waals surface area (Å²) in [6.07, 6.45) is 3.93. The normalized spacial score (nSPS) is 11.4. The van der Waals surface area contributed by atoms with E-state index in [1.165, 1.54) is 5.56 Å². The third kappa shape index (κ3) is 5.59. The van der Waals surface area contributed by atoms with Crippen LogP contribution in [0.5, 0.6) is 5.75 Å². The van der Waals surface area contributed by atoms with Gasteiger partial charge in [-0.1, -0.05) is 13.8 Å². The number of nitrogens with one attached hydrogen (secondary N) is 1. The summed E-state index contributed by atoms with van der Waals surface area (Å²) in [5, 5.41) is 7.99. The Balaban J connectivity index is 0.00000392. The fourth-order valence-electron chi connectivity index (χ4n) is 3.29. The van der Waals surface area contributed by atoms with Crippen molar-refractivity contribution in [2.24, 2.45) is 12.0 Å². The van der Waals surface area contributed by atoms with E-state index in [1.54, 1.807) is 14.2 Å². The van der Waals surface area contributed by atoms with Crippen LogP contribution in [0.4, 0.5) is 0 Å². The molecular weight excluding hydrogens is 467 g/mol. The van der Waals surface area contributed by atoms with E-state index in [0.717, 1.165) is 40.8 Å². The molecule has 8 heteroatoms. The highest BCUT2D eigenvalue weighted by atomic mass is 127. The van der Waals surface area contributed by atoms with Gasteiger partial charge in [-0.15, -0.1) is 24.0 Å². The maximum absolute atomic E-state index is 5.50. The molecule has 1 N–H and O–H groups in total. The largest absolute Gasteiger partial charge is 0.496 e. The molecular formula is C20H33IN6O. The van der Waals surface area contributed by atoms with E-state index < -0.39 is 0 Å². The number of rotatable bonds is 6. The quantitative estimate of drug-likeness (QED) is 0.374. The van der Waals surface area contributed by atoms with Crippen LogP contribution in [0.15, 0.2) is 17.4 Å². The van der Waals surface area contributed by atoms with Crippen molar-refractivity contribution < 1.29 is 4.74 Å². The van der Waals surface area contributed by atoms with Crippen molar-refractivity contribution in [3.05, 3.63) is 40.5 Å². The molecule has 28 heavy (non-hydrogen) atoms. The number of ether oxygens (including phenoxy) is 1. The lowest BCUT2D eigenvalue weighted by Crippen LogP contribution is -2.38. The molecule has 0 aliphatic carbocycles. The number of aromatic nitrogens is 3. The van der Waals surface area contributed by atoms with Crippen LogP contribution in [0.25, 0.3) is 0 Å². The second-order valence-corrected chi connectivity index (χ2v) is 7.17. The van der Waals surface area contributed by atoms with Crippen LogP contribution >= 0.6 is 24.0 Å². The molecule has 0 fully saturated rings. The fraction of sp³-hybridized carbons (Fsp3) is 0.550. The maximum Gasteiger partial charge on any atom is 0.194 e. The first kappa shape index (κ1) is 24.2. The average Bonchev–Trinajstić information content (AvgIpc) is 2.98. The summed E-state index contributed by atoms with van der Waals surface area (Å²) in [4.78, 5) is 11.1. The van der Waals surface area contributed by atoms with Gasteiger partial charge in [0.1, 0.15) is 5.75 Å². The lowest BCUT2D eigenvalue weighted by Gasteiger charge is -2.23. The number of aryl methyl sites for hydroxylation is 2. The molecule has 156 valence electrons. The summed E-state index contributed by atoms with van der Waals surface area (Å²) >= 11 is 0. The van der Waals surface area contributed by atoms with Crippen LogP contribution in [0.3, 0.4) is 0 Å². The summed E-state index contributed by atoms with van der Waals surface area (Å²) in [6.45, 7) is 9.69. The van der Waals surface area contributed by atoms with Gasteiger partial charge in [-0.3, -0.25) is 14.7 Å². The van der Waals surface area contributed by atoms with E-state index in [1.807, 2.05) is 38.8 Å². The zero-order valence-corrected chi connectivity index (χ0v) is 20.5. The Morgan fingerprint density at radius 1 is 1.36 bits per heavy atom. The highest BCUT2D eigenvalue weighted by Gasteiger charge is 2.16. The van der Waals surface area contributed by atoms with Crippen molar-refractivity contribution in [2.45, 2.75) is 46.7 Å².